The Labute approximate surface area is 189 Å². The lowest BCUT2D eigenvalue weighted by atomic mass is 9.89. The maximum Gasteiger partial charge on any atom is 0.253 e. The highest BCUT2D eigenvalue weighted by molar-refractivity contribution is 6.35. The number of hydrogen-bond donors (Lipinski definition) is 2. The number of nitrogens with zero attached hydrogens (tertiary/aromatic N) is 2. The van der Waals surface area contributed by atoms with Crippen LogP contribution in [0, 0.1) is 5.92 Å². The van der Waals surface area contributed by atoms with E-state index in [9.17, 15) is 4.79 Å². The summed E-state index contributed by atoms with van der Waals surface area (Å²) in [6, 6.07) is 7.68. The van der Waals surface area contributed by atoms with Crippen molar-refractivity contribution in [1.82, 2.24) is 15.6 Å². The molecule has 0 bridgehead atoms. The Balaban J connectivity index is 0.00000150. The number of pyridine rings is 1. The van der Waals surface area contributed by atoms with Crippen LogP contribution in [0.25, 0.3) is 10.9 Å². The normalized spacial score (nSPS) is 17.3. The summed E-state index contributed by atoms with van der Waals surface area (Å²) in [7, 11) is 0. The summed E-state index contributed by atoms with van der Waals surface area (Å²) in [5, 5.41) is 7.77. The number of halogens is 3. The van der Waals surface area contributed by atoms with Gasteiger partial charge in [0.05, 0.1) is 16.1 Å². The number of hydrogen-bond acceptors (Lipinski definition) is 4. The quantitative estimate of drug-likeness (QED) is 0.709. The summed E-state index contributed by atoms with van der Waals surface area (Å²) in [5.74, 6) is 1.46. The number of amides is 1. The first-order valence-electron chi connectivity index (χ1n) is 10.1. The number of rotatable bonds is 4. The zero-order valence-corrected chi connectivity index (χ0v) is 18.8. The van der Waals surface area contributed by atoms with Crippen LogP contribution in [0.1, 0.15) is 42.5 Å². The molecule has 0 spiro atoms. The third-order valence-corrected chi connectivity index (χ3v) is 6.06. The lowest BCUT2D eigenvalue weighted by Gasteiger charge is -2.28. The Morgan fingerprint density at radius 1 is 1.10 bits per heavy atom. The number of carbonyl (C=O) groups excluding carboxylic acids is 1. The first kappa shape index (κ1) is 24.0. The van der Waals surface area contributed by atoms with Crippen LogP contribution >= 0.6 is 36.4 Å². The van der Waals surface area contributed by atoms with E-state index in [4.69, 9.17) is 16.6 Å². The number of aromatic nitrogens is 1. The molecule has 1 amide bonds. The molecule has 1 aliphatic heterocycles. The molecule has 2 fully saturated rings. The van der Waals surface area contributed by atoms with Gasteiger partial charge in [-0.25, -0.2) is 4.98 Å². The van der Waals surface area contributed by atoms with Crippen molar-refractivity contribution in [1.29, 1.82) is 0 Å². The lowest BCUT2D eigenvalue weighted by molar-refractivity contribution is 0.0945. The molecule has 2 aliphatic rings. The predicted molar refractivity (Wildman–Crippen MR) is 125 cm³/mol. The van der Waals surface area contributed by atoms with Crippen LogP contribution in [0.2, 0.25) is 5.02 Å². The predicted octanol–water partition coefficient (Wildman–Crippen LogP) is 4.45. The van der Waals surface area contributed by atoms with Gasteiger partial charge in [0.1, 0.15) is 5.82 Å². The summed E-state index contributed by atoms with van der Waals surface area (Å²) < 4.78 is 0. The van der Waals surface area contributed by atoms with Crippen molar-refractivity contribution in [3.63, 3.8) is 0 Å². The third kappa shape index (κ3) is 5.66. The van der Waals surface area contributed by atoms with Crippen molar-refractivity contribution in [3.05, 3.63) is 34.9 Å². The second kappa shape index (κ2) is 11.2. The summed E-state index contributed by atoms with van der Waals surface area (Å²) in [5.41, 5.74) is 1.36. The van der Waals surface area contributed by atoms with E-state index in [2.05, 4.69) is 15.5 Å². The molecular formula is C21H29Cl3N4O. The molecule has 0 atom stereocenters. The number of piperazine rings is 1. The van der Waals surface area contributed by atoms with Crippen molar-refractivity contribution in [2.45, 2.75) is 32.1 Å². The first-order valence-corrected chi connectivity index (χ1v) is 10.4. The molecule has 1 aromatic carbocycles. The van der Waals surface area contributed by atoms with Gasteiger partial charge in [0, 0.05) is 38.1 Å². The van der Waals surface area contributed by atoms with Crippen molar-refractivity contribution in [2.24, 2.45) is 5.92 Å². The molecule has 8 heteroatoms. The van der Waals surface area contributed by atoms with E-state index in [0.717, 1.165) is 49.4 Å². The Kier molecular flexibility index (Phi) is 9.28. The zero-order chi connectivity index (χ0) is 18.6. The Morgan fingerprint density at radius 2 is 1.83 bits per heavy atom. The maximum absolute atomic E-state index is 12.9. The van der Waals surface area contributed by atoms with Crippen LogP contribution in [0.5, 0.6) is 0 Å². The van der Waals surface area contributed by atoms with Crippen LogP contribution in [0.15, 0.2) is 24.3 Å². The monoisotopic (exact) mass is 458 g/mol. The molecule has 1 aromatic heterocycles. The average molecular weight is 460 g/mol. The third-order valence-electron chi connectivity index (χ3n) is 5.75. The summed E-state index contributed by atoms with van der Waals surface area (Å²) in [6.45, 7) is 4.56. The van der Waals surface area contributed by atoms with Crippen LogP contribution in [0.3, 0.4) is 0 Å². The second-order valence-corrected chi connectivity index (χ2v) is 8.02. The molecule has 0 unspecified atom stereocenters. The van der Waals surface area contributed by atoms with Crippen molar-refractivity contribution in [3.8, 4) is 0 Å². The molecule has 4 rings (SSSR count). The van der Waals surface area contributed by atoms with Gasteiger partial charge >= 0.3 is 0 Å². The summed E-state index contributed by atoms with van der Waals surface area (Å²) >= 11 is 6.40. The van der Waals surface area contributed by atoms with Crippen LogP contribution < -0.4 is 15.5 Å². The highest BCUT2D eigenvalue weighted by Crippen LogP contribution is 2.28. The zero-order valence-electron chi connectivity index (χ0n) is 16.5. The molecule has 1 aliphatic carbocycles. The number of nitrogens with one attached hydrogen (secondary N) is 2. The van der Waals surface area contributed by atoms with Crippen LogP contribution in [0.4, 0.5) is 5.82 Å². The molecule has 5 nitrogen and oxygen atoms in total. The minimum absolute atomic E-state index is 0. The van der Waals surface area contributed by atoms with Gasteiger partial charge in [0.2, 0.25) is 0 Å². The van der Waals surface area contributed by atoms with Crippen molar-refractivity contribution >= 4 is 59.0 Å². The molecular weight excluding hydrogens is 431 g/mol. The van der Waals surface area contributed by atoms with Gasteiger partial charge < -0.3 is 15.5 Å². The fourth-order valence-electron chi connectivity index (χ4n) is 4.18. The SMILES string of the molecule is Cl.Cl.O=C(NCC1CCCCC1)c1c(Cl)ccc2nc(N3CCNCC3)ccc12. The maximum atomic E-state index is 12.9. The van der Waals surface area contributed by atoms with Gasteiger partial charge in [-0.3, -0.25) is 4.79 Å². The largest absolute Gasteiger partial charge is 0.354 e. The minimum Gasteiger partial charge on any atom is -0.354 e. The average Bonchev–Trinajstić information content (AvgIpc) is 2.73. The highest BCUT2D eigenvalue weighted by Gasteiger charge is 2.19. The first-order chi connectivity index (χ1) is 13.2. The number of fused-ring (bicyclic) bond motifs is 1. The molecule has 160 valence electrons. The van der Waals surface area contributed by atoms with Gasteiger partial charge in [0.15, 0.2) is 0 Å². The second-order valence-electron chi connectivity index (χ2n) is 7.61. The standard InChI is InChI=1S/C21H27ClN4O.2ClH/c22-17-7-8-18-16(6-9-19(25-18)26-12-10-23-11-13-26)20(17)21(27)24-14-15-4-2-1-3-5-15;;/h6-9,15,23H,1-5,10-14H2,(H,24,27);2*1H. The van der Waals surface area contributed by atoms with E-state index in [1.807, 2.05) is 18.2 Å². The van der Waals surface area contributed by atoms with Gasteiger partial charge in [-0.15, -0.1) is 24.8 Å². The summed E-state index contributed by atoms with van der Waals surface area (Å²) in [4.78, 5) is 19.9. The fraction of sp³-hybridized carbons (Fsp3) is 0.524. The Morgan fingerprint density at radius 3 is 2.55 bits per heavy atom. The molecule has 1 saturated carbocycles. The lowest BCUT2D eigenvalue weighted by Crippen LogP contribution is -2.43. The van der Waals surface area contributed by atoms with E-state index in [1.165, 1.54) is 32.1 Å². The number of benzene rings is 1. The van der Waals surface area contributed by atoms with E-state index >= 15 is 0 Å². The molecule has 2 aromatic rings. The minimum atomic E-state index is -0.0899. The summed E-state index contributed by atoms with van der Waals surface area (Å²) in [6.07, 6.45) is 6.28. The van der Waals surface area contributed by atoms with Crippen LogP contribution in [-0.2, 0) is 0 Å². The number of anilines is 1. The van der Waals surface area contributed by atoms with E-state index in [0.29, 0.717) is 16.5 Å². The van der Waals surface area contributed by atoms with Crippen LogP contribution in [-0.4, -0.2) is 43.6 Å². The van der Waals surface area contributed by atoms with Crippen molar-refractivity contribution < 1.29 is 4.79 Å². The molecule has 1 saturated heterocycles. The molecule has 0 radical (unpaired) electrons. The highest BCUT2D eigenvalue weighted by atomic mass is 35.5. The Bertz CT molecular complexity index is 821. The van der Waals surface area contributed by atoms with Gasteiger partial charge in [0.25, 0.3) is 5.91 Å². The molecule has 2 N–H and O–H groups in total. The smallest absolute Gasteiger partial charge is 0.253 e. The molecule has 2 heterocycles. The molecule has 29 heavy (non-hydrogen) atoms. The van der Waals surface area contributed by atoms with Gasteiger partial charge in [-0.2, -0.15) is 0 Å². The van der Waals surface area contributed by atoms with E-state index in [-0.39, 0.29) is 30.7 Å². The Hall–Kier alpha value is -1.27. The van der Waals surface area contributed by atoms with Gasteiger partial charge in [-0.1, -0.05) is 30.9 Å². The van der Waals surface area contributed by atoms with E-state index < -0.39 is 0 Å². The topological polar surface area (TPSA) is 57.3 Å². The van der Waals surface area contributed by atoms with Gasteiger partial charge in [-0.05, 0) is 43.0 Å². The van der Waals surface area contributed by atoms with Crippen molar-refractivity contribution in [2.75, 3.05) is 37.6 Å². The fourth-order valence-corrected chi connectivity index (χ4v) is 4.43. The number of carbonyl (C=O) groups is 1. The van der Waals surface area contributed by atoms with E-state index in [1.54, 1.807) is 6.07 Å².